The molecule has 0 spiro atoms. The van der Waals surface area contributed by atoms with Crippen molar-refractivity contribution in [1.29, 1.82) is 0 Å². The summed E-state index contributed by atoms with van der Waals surface area (Å²) in [7, 11) is 0. The fourth-order valence-corrected chi connectivity index (χ4v) is 6.75. The Morgan fingerprint density at radius 3 is 2.27 bits per heavy atom. The summed E-state index contributed by atoms with van der Waals surface area (Å²) in [4.78, 5) is 0. The average Bonchev–Trinajstić information content (AvgIpc) is 2.49. The molecule has 5 rings (SSSR count). The van der Waals surface area contributed by atoms with Gasteiger partial charge >= 0.3 is 0 Å². The second-order valence-electron chi connectivity index (χ2n) is 8.04. The van der Waals surface area contributed by atoms with Crippen molar-refractivity contribution in [3.05, 3.63) is 0 Å². The first-order valence-corrected chi connectivity index (χ1v) is 6.93. The molecule has 0 radical (unpaired) electrons. The summed E-state index contributed by atoms with van der Waals surface area (Å²) >= 11 is 0. The van der Waals surface area contributed by atoms with E-state index in [1.165, 1.54) is 19.3 Å². The lowest BCUT2D eigenvalue weighted by Gasteiger charge is -2.35. The van der Waals surface area contributed by atoms with Gasteiger partial charge in [-0.15, -0.1) is 0 Å². The third-order valence-electron chi connectivity index (χ3n) is 7.58. The van der Waals surface area contributed by atoms with Crippen LogP contribution in [0.4, 0.5) is 0 Å². The molecule has 0 amide bonds. The molecule has 5 aliphatic carbocycles. The molecule has 0 aromatic heterocycles. The van der Waals surface area contributed by atoms with E-state index in [1.54, 1.807) is 6.42 Å². The Hall–Kier alpha value is 0. The number of hydrogen-bond donors (Lipinski definition) is 0. The Bertz CT molecular complexity index is 342. The van der Waals surface area contributed by atoms with Crippen molar-refractivity contribution in [3.8, 4) is 0 Å². The molecular formula is C15H24. The van der Waals surface area contributed by atoms with E-state index in [0.717, 1.165) is 34.5 Å². The van der Waals surface area contributed by atoms with Crippen molar-refractivity contribution < 1.29 is 0 Å². The van der Waals surface area contributed by atoms with Crippen molar-refractivity contribution in [1.82, 2.24) is 0 Å². The quantitative estimate of drug-likeness (QED) is 0.557. The first kappa shape index (κ1) is 9.07. The predicted octanol–water partition coefficient (Wildman–Crippen LogP) is 4.10. The van der Waals surface area contributed by atoms with Gasteiger partial charge in [0.1, 0.15) is 0 Å². The molecule has 5 fully saturated rings. The van der Waals surface area contributed by atoms with Gasteiger partial charge in [-0.2, -0.15) is 0 Å². The predicted molar refractivity (Wildman–Crippen MR) is 62.4 cm³/mol. The normalized spacial score (nSPS) is 68.0. The molecule has 0 saturated heterocycles. The molecule has 0 N–H and O–H groups in total. The molecular weight excluding hydrogens is 180 g/mol. The molecule has 0 nitrogen and oxygen atoms in total. The lowest BCUT2D eigenvalue weighted by molar-refractivity contribution is 0.127. The highest BCUT2D eigenvalue weighted by Gasteiger charge is 2.86. The fraction of sp³-hybridized carbons (Fsp3) is 1.00. The van der Waals surface area contributed by atoms with Gasteiger partial charge in [0.15, 0.2) is 0 Å². The van der Waals surface area contributed by atoms with Gasteiger partial charge in [-0.05, 0) is 59.2 Å². The summed E-state index contributed by atoms with van der Waals surface area (Å²) in [6.07, 6.45) is 6.10. The molecule has 0 aromatic rings. The molecule has 5 unspecified atom stereocenters. The standard InChI is InChI=1S/C15H24/c1-13(2)6-5-7-14(3)9-8-10-12(11(9)13)15(10,14)4/h9-12H,5-8H2,1-4H3/t9?,10?,11?,12?,14-,15?/m0/s1. The van der Waals surface area contributed by atoms with Crippen LogP contribution >= 0.6 is 0 Å². The van der Waals surface area contributed by atoms with Crippen LogP contribution in [-0.2, 0) is 0 Å². The minimum Gasteiger partial charge on any atom is -0.0596 e. The molecule has 5 saturated carbocycles. The van der Waals surface area contributed by atoms with Crippen LogP contribution in [0.5, 0.6) is 0 Å². The average molecular weight is 204 g/mol. The highest BCUT2D eigenvalue weighted by Crippen LogP contribution is 2.91. The molecule has 6 bridgehead atoms. The molecule has 5 aliphatic rings. The maximum Gasteiger partial charge on any atom is -0.0204 e. The SMILES string of the molecule is CC1(C)CCC[C@@]2(C)C3CC4C(C31)C42C. The monoisotopic (exact) mass is 204 g/mol. The Labute approximate surface area is 93.8 Å². The summed E-state index contributed by atoms with van der Waals surface area (Å²) in [6, 6.07) is 0. The summed E-state index contributed by atoms with van der Waals surface area (Å²) in [5.74, 6) is 4.44. The van der Waals surface area contributed by atoms with Gasteiger partial charge in [-0.3, -0.25) is 0 Å². The van der Waals surface area contributed by atoms with Crippen LogP contribution in [0.15, 0.2) is 0 Å². The summed E-state index contributed by atoms with van der Waals surface area (Å²) in [5.41, 5.74) is 2.16. The van der Waals surface area contributed by atoms with Crippen LogP contribution in [0.25, 0.3) is 0 Å². The van der Waals surface area contributed by atoms with Crippen LogP contribution in [0, 0.1) is 39.9 Å². The van der Waals surface area contributed by atoms with E-state index in [-0.39, 0.29) is 0 Å². The fourth-order valence-electron chi connectivity index (χ4n) is 6.75. The van der Waals surface area contributed by atoms with Crippen molar-refractivity contribution >= 4 is 0 Å². The third kappa shape index (κ3) is 0.666. The Kier molecular flexibility index (Phi) is 1.24. The summed E-state index contributed by atoms with van der Waals surface area (Å²) < 4.78 is 0. The van der Waals surface area contributed by atoms with E-state index in [1.807, 2.05) is 0 Å². The van der Waals surface area contributed by atoms with Crippen LogP contribution in [0.2, 0.25) is 0 Å². The highest BCUT2D eigenvalue weighted by atomic mass is 14.9. The molecule has 0 heterocycles. The lowest BCUT2D eigenvalue weighted by Crippen LogP contribution is -2.29. The molecule has 0 aromatic carbocycles. The van der Waals surface area contributed by atoms with Crippen LogP contribution in [-0.4, -0.2) is 0 Å². The number of hydrogen-bond acceptors (Lipinski definition) is 0. The lowest BCUT2D eigenvalue weighted by atomic mass is 9.69. The first-order valence-electron chi connectivity index (χ1n) is 6.93. The molecule has 0 heteroatoms. The van der Waals surface area contributed by atoms with Crippen molar-refractivity contribution in [2.75, 3.05) is 0 Å². The maximum absolute atomic E-state index is 2.64. The van der Waals surface area contributed by atoms with Gasteiger partial charge < -0.3 is 0 Å². The minimum atomic E-state index is 0.649. The first-order chi connectivity index (χ1) is 6.93. The van der Waals surface area contributed by atoms with E-state index >= 15 is 0 Å². The van der Waals surface area contributed by atoms with Crippen molar-refractivity contribution in [3.63, 3.8) is 0 Å². The zero-order valence-electron chi connectivity index (χ0n) is 10.6. The van der Waals surface area contributed by atoms with Gasteiger partial charge in [-0.25, -0.2) is 0 Å². The second-order valence-corrected chi connectivity index (χ2v) is 8.04. The molecule has 84 valence electrons. The zero-order chi connectivity index (χ0) is 10.6. The van der Waals surface area contributed by atoms with Crippen LogP contribution < -0.4 is 0 Å². The van der Waals surface area contributed by atoms with Crippen molar-refractivity contribution in [2.24, 2.45) is 39.9 Å². The van der Waals surface area contributed by atoms with E-state index in [4.69, 9.17) is 0 Å². The van der Waals surface area contributed by atoms with Crippen molar-refractivity contribution in [2.45, 2.75) is 53.4 Å². The highest BCUT2D eigenvalue weighted by molar-refractivity contribution is 5.33. The second kappa shape index (κ2) is 2.05. The van der Waals surface area contributed by atoms with Crippen LogP contribution in [0.1, 0.15) is 53.4 Å². The summed E-state index contributed by atoms with van der Waals surface area (Å²) in [5, 5.41) is 0. The Morgan fingerprint density at radius 1 is 0.867 bits per heavy atom. The largest absolute Gasteiger partial charge is 0.0596 e. The Morgan fingerprint density at radius 2 is 1.60 bits per heavy atom. The van der Waals surface area contributed by atoms with Gasteiger partial charge in [0.2, 0.25) is 0 Å². The zero-order valence-corrected chi connectivity index (χ0v) is 10.6. The number of rotatable bonds is 0. The topological polar surface area (TPSA) is 0 Å². The van der Waals surface area contributed by atoms with Gasteiger partial charge in [0.25, 0.3) is 0 Å². The van der Waals surface area contributed by atoms with Gasteiger partial charge in [0.05, 0.1) is 0 Å². The molecule has 6 atom stereocenters. The van der Waals surface area contributed by atoms with E-state index in [2.05, 4.69) is 27.7 Å². The van der Waals surface area contributed by atoms with Gasteiger partial charge in [-0.1, -0.05) is 34.1 Å². The van der Waals surface area contributed by atoms with E-state index in [0.29, 0.717) is 5.41 Å². The van der Waals surface area contributed by atoms with E-state index < -0.39 is 0 Å². The molecule has 15 heavy (non-hydrogen) atoms. The van der Waals surface area contributed by atoms with Crippen LogP contribution in [0.3, 0.4) is 0 Å². The smallest absolute Gasteiger partial charge is 0.0204 e. The summed E-state index contributed by atoms with van der Waals surface area (Å²) in [6.45, 7) is 10.4. The molecule has 0 aliphatic heterocycles. The minimum absolute atomic E-state index is 0.649. The third-order valence-corrected chi connectivity index (χ3v) is 7.58. The van der Waals surface area contributed by atoms with Gasteiger partial charge in [0, 0.05) is 0 Å². The maximum atomic E-state index is 2.64. The van der Waals surface area contributed by atoms with E-state index in [9.17, 15) is 0 Å². The Balaban J connectivity index is 1.89.